The van der Waals surface area contributed by atoms with Crippen LogP contribution in [0.2, 0.25) is 0 Å². The van der Waals surface area contributed by atoms with Gasteiger partial charge in [0.15, 0.2) is 0 Å². The van der Waals surface area contributed by atoms with Gasteiger partial charge in [0.05, 0.1) is 0 Å². The second-order valence-electron chi connectivity index (χ2n) is 5.81. The lowest BCUT2D eigenvalue weighted by atomic mass is 9.89. The first-order chi connectivity index (χ1) is 8.58. The Hall–Kier alpha value is -1.29. The topological polar surface area (TPSA) is 56.9 Å². The molecule has 0 aliphatic carbocycles. The normalized spacial score (nSPS) is 20.0. The second-order valence-corrected chi connectivity index (χ2v) is 5.81. The maximum atomic E-state index is 11.9. The Labute approximate surface area is 109 Å². The van der Waals surface area contributed by atoms with Gasteiger partial charge in [0.1, 0.15) is 0 Å². The molecule has 1 aliphatic heterocycles. The molecule has 0 spiro atoms. The number of hydrogen-bond acceptors (Lipinski definition) is 2. The summed E-state index contributed by atoms with van der Waals surface area (Å²) in [5.41, 5.74) is 1.11. The lowest BCUT2D eigenvalue weighted by Crippen LogP contribution is -2.37. The van der Waals surface area contributed by atoms with Gasteiger partial charge in [-0.05, 0) is 37.6 Å². The van der Waals surface area contributed by atoms with Gasteiger partial charge in [-0.2, -0.15) is 0 Å². The molecule has 1 saturated heterocycles. The van der Waals surface area contributed by atoms with Crippen molar-refractivity contribution >= 4 is 5.91 Å². The predicted molar refractivity (Wildman–Crippen MR) is 72.4 cm³/mol. The van der Waals surface area contributed by atoms with E-state index < -0.39 is 0 Å². The minimum Gasteiger partial charge on any atom is -0.364 e. The van der Waals surface area contributed by atoms with Gasteiger partial charge in [0.25, 0.3) is 0 Å². The first-order valence-electron chi connectivity index (χ1n) is 6.69. The minimum atomic E-state index is -0.0485. The summed E-state index contributed by atoms with van der Waals surface area (Å²) >= 11 is 0. The number of carbonyl (C=O) groups excluding carboxylic acids is 1. The number of H-pyrrole nitrogens is 1. The van der Waals surface area contributed by atoms with Gasteiger partial charge in [-0.15, -0.1) is 0 Å². The average molecular weight is 249 g/mol. The molecule has 18 heavy (non-hydrogen) atoms. The molecule has 2 rings (SSSR count). The van der Waals surface area contributed by atoms with Crippen LogP contribution in [0, 0.1) is 5.92 Å². The number of rotatable bonds is 5. The molecule has 2 heterocycles. The van der Waals surface area contributed by atoms with Crippen LogP contribution in [0.25, 0.3) is 0 Å². The summed E-state index contributed by atoms with van der Waals surface area (Å²) in [7, 11) is 0. The molecule has 1 aromatic rings. The molecule has 0 aromatic carbocycles. The number of hydrogen-bond donors (Lipinski definition) is 3. The number of aromatic amines is 1. The third kappa shape index (κ3) is 3.35. The molecular formula is C14H23N3O. The summed E-state index contributed by atoms with van der Waals surface area (Å²) in [5.74, 6) is 0.682. The van der Waals surface area contributed by atoms with Crippen molar-refractivity contribution in [1.29, 1.82) is 0 Å². The standard InChI is InChI=1S/C14H23N3O/c1-14(2,12-4-3-6-16-12)10-17-13(18)8-11-5-7-15-9-11/h3-4,6,11,15-16H,5,7-10H2,1-2H3,(H,17,18). The van der Waals surface area contributed by atoms with E-state index in [1.165, 1.54) is 0 Å². The summed E-state index contributed by atoms with van der Waals surface area (Å²) < 4.78 is 0. The number of amides is 1. The van der Waals surface area contributed by atoms with Crippen LogP contribution in [0.5, 0.6) is 0 Å². The zero-order chi connectivity index (χ0) is 13.0. The van der Waals surface area contributed by atoms with E-state index in [0.29, 0.717) is 18.9 Å². The smallest absolute Gasteiger partial charge is 0.220 e. The lowest BCUT2D eigenvalue weighted by Gasteiger charge is -2.24. The Kier molecular flexibility index (Phi) is 4.07. The first kappa shape index (κ1) is 13.1. The molecule has 1 unspecified atom stereocenters. The highest BCUT2D eigenvalue weighted by Crippen LogP contribution is 2.20. The van der Waals surface area contributed by atoms with Crippen LogP contribution < -0.4 is 10.6 Å². The van der Waals surface area contributed by atoms with Crippen LogP contribution in [-0.4, -0.2) is 30.5 Å². The summed E-state index contributed by atoms with van der Waals surface area (Å²) in [4.78, 5) is 15.1. The number of aromatic nitrogens is 1. The van der Waals surface area contributed by atoms with Crippen LogP contribution >= 0.6 is 0 Å². The first-order valence-corrected chi connectivity index (χ1v) is 6.69. The van der Waals surface area contributed by atoms with Crippen LogP contribution in [0.3, 0.4) is 0 Å². The van der Waals surface area contributed by atoms with Crippen molar-refractivity contribution in [3.63, 3.8) is 0 Å². The van der Waals surface area contributed by atoms with Crippen LogP contribution in [0.15, 0.2) is 18.3 Å². The fraction of sp³-hybridized carbons (Fsp3) is 0.643. The van der Waals surface area contributed by atoms with Crippen LogP contribution in [0.4, 0.5) is 0 Å². The van der Waals surface area contributed by atoms with Gasteiger partial charge in [-0.1, -0.05) is 13.8 Å². The third-order valence-corrected chi connectivity index (χ3v) is 3.69. The van der Waals surface area contributed by atoms with E-state index in [4.69, 9.17) is 0 Å². The molecular weight excluding hydrogens is 226 g/mol. The highest BCUT2D eigenvalue weighted by atomic mass is 16.1. The SMILES string of the molecule is CC(C)(CNC(=O)CC1CCNC1)c1ccc[nH]1. The molecule has 1 fully saturated rings. The highest BCUT2D eigenvalue weighted by Gasteiger charge is 2.23. The van der Waals surface area contributed by atoms with Gasteiger partial charge >= 0.3 is 0 Å². The van der Waals surface area contributed by atoms with Crippen molar-refractivity contribution in [2.24, 2.45) is 5.92 Å². The molecule has 3 N–H and O–H groups in total. The van der Waals surface area contributed by atoms with Crippen LogP contribution in [0.1, 0.15) is 32.4 Å². The van der Waals surface area contributed by atoms with Crippen molar-refractivity contribution in [3.8, 4) is 0 Å². The van der Waals surface area contributed by atoms with E-state index in [-0.39, 0.29) is 11.3 Å². The van der Waals surface area contributed by atoms with E-state index in [1.54, 1.807) is 0 Å². The van der Waals surface area contributed by atoms with E-state index in [1.807, 2.05) is 12.3 Å². The largest absolute Gasteiger partial charge is 0.364 e. The molecule has 0 radical (unpaired) electrons. The summed E-state index contributed by atoms with van der Waals surface area (Å²) in [5, 5.41) is 6.34. The molecule has 0 bridgehead atoms. The molecule has 1 atom stereocenters. The van der Waals surface area contributed by atoms with Crippen molar-refractivity contribution < 1.29 is 4.79 Å². The van der Waals surface area contributed by atoms with Gasteiger partial charge in [-0.3, -0.25) is 4.79 Å². The monoisotopic (exact) mass is 249 g/mol. The second kappa shape index (κ2) is 5.57. The van der Waals surface area contributed by atoms with Crippen molar-refractivity contribution in [2.45, 2.75) is 32.1 Å². The van der Waals surface area contributed by atoms with Gasteiger partial charge in [0, 0.05) is 30.3 Å². The van der Waals surface area contributed by atoms with E-state index >= 15 is 0 Å². The molecule has 4 heteroatoms. The molecule has 100 valence electrons. The predicted octanol–water partition coefficient (Wildman–Crippen LogP) is 1.41. The summed E-state index contributed by atoms with van der Waals surface area (Å²) in [6, 6.07) is 4.05. The van der Waals surface area contributed by atoms with Crippen molar-refractivity contribution in [2.75, 3.05) is 19.6 Å². The van der Waals surface area contributed by atoms with Crippen molar-refractivity contribution in [1.82, 2.24) is 15.6 Å². The maximum Gasteiger partial charge on any atom is 0.220 e. The molecule has 1 amide bonds. The third-order valence-electron chi connectivity index (χ3n) is 3.69. The Morgan fingerprint density at radius 2 is 2.39 bits per heavy atom. The van der Waals surface area contributed by atoms with Gasteiger partial charge in [0.2, 0.25) is 5.91 Å². The number of carbonyl (C=O) groups is 1. The zero-order valence-corrected chi connectivity index (χ0v) is 11.3. The Morgan fingerprint density at radius 3 is 3.00 bits per heavy atom. The Morgan fingerprint density at radius 1 is 1.56 bits per heavy atom. The lowest BCUT2D eigenvalue weighted by molar-refractivity contribution is -0.122. The van der Waals surface area contributed by atoms with E-state index in [2.05, 4.69) is 35.5 Å². The van der Waals surface area contributed by atoms with E-state index in [0.717, 1.165) is 25.2 Å². The number of nitrogens with one attached hydrogen (secondary N) is 3. The molecule has 0 saturated carbocycles. The summed E-state index contributed by atoms with van der Waals surface area (Å²) in [6.07, 6.45) is 3.68. The summed E-state index contributed by atoms with van der Waals surface area (Å²) in [6.45, 7) is 6.97. The van der Waals surface area contributed by atoms with Gasteiger partial charge in [-0.25, -0.2) is 0 Å². The zero-order valence-electron chi connectivity index (χ0n) is 11.3. The molecule has 1 aliphatic rings. The Bertz CT molecular complexity index is 378. The van der Waals surface area contributed by atoms with Crippen LogP contribution in [-0.2, 0) is 10.2 Å². The molecule has 1 aromatic heterocycles. The average Bonchev–Trinajstić information content (AvgIpc) is 2.99. The van der Waals surface area contributed by atoms with Crippen molar-refractivity contribution in [3.05, 3.63) is 24.0 Å². The maximum absolute atomic E-state index is 11.9. The molecule has 4 nitrogen and oxygen atoms in total. The van der Waals surface area contributed by atoms with E-state index in [9.17, 15) is 4.79 Å². The fourth-order valence-electron chi connectivity index (χ4n) is 2.39. The highest BCUT2D eigenvalue weighted by molar-refractivity contribution is 5.76. The minimum absolute atomic E-state index is 0.0485. The van der Waals surface area contributed by atoms with Gasteiger partial charge < -0.3 is 15.6 Å². The quantitative estimate of drug-likeness (QED) is 0.739. The Balaban J connectivity index is 1.78. The fourth-order valence-corrected chi connectivity index (χ4v) is 2.39.